The van der Waals surface area contributed by atoms with Gasteiger partial charge in [0, 0.05) is 56.6 Å². The van der Waals surface area contributed by atoms with Gasteiger partial charge < -0.3 is 26.4 Å². The minimum Gasteiger partial charge on any atom is -0.481 e. The Morgan fingerprint density at radius 2 is 1.90 bits per heavy atom. The number of nitrogens with zero attached hydrogens (tertiary/aromatic N) is 4. The van der Waals surface area contributed by atoms with Crippen molar-refractivity contribution in [3.05, 3.63) is 64.6 Å². The average molecular weight is 686 g/mol. The van der Waals surface area contributed by atoms with Crippen LogP contribution in [0.15, 0.2) is 36.4 Å². The van der Waals surface area contributed by atoms with E-state index in [2.05, 4.69) is 45.9 Å². The zero-order valence-corrected chi connectivity index (χ0v) is 30.0. The number of nitrogens with two attached hydrogens (primary N) is 1. The Balaban J connectivity index is 1.23. The van der Waals surface area contributed by atoms with Crippen LogP contribution in [0.25, 0.3) is 5.69 Å². The number of hydrogen-bond donors (Lipinski definition) is 4. The van der Waals surface area contributed by atoms with Gasteiger partial charge in [-0.25, -0.2) is 9.67 Å². The Labute approximate surface area is 296 Å². The molecule has 0 bridgehead atoms. The number of carbonyl (C=O) groups is 3. The van der Waals surface area contributed by atoms with Crippen LogP contribution in [0.3, 0.4) is 0 Å². The molecule has 1 fully saturated rings. The number of nitrogens with one attached hydrogen (secondary N) is 2. The molecule has 0 radical (unpaired) electrons. The maximum atomic E-state index is 12.3. The van der Waals surface area contributed by atoms with Gasteiger partial charge in [0.05, 0.1) is 17.8 Å². The number of aromatic nitrogens is 3. The maximum Gasteiger partial charge on any atom is 0.303 e. The van der Waals surface area contributed by atoms with Gasteiger partial charge in [-0.15, -0.1) is 0 Å². The van der Waals surface area contributed by atoms with Crippen LogP contribution in [0.1, 0.15) is 105 Å². The van der Waals surface area contributed by atoms with E-state index < -0.39 is 11.9 Å². The topological polar surface area (TPSA) is 155 Å². The number of anilines is 2. The largest absolute Gasteiger partial charge is 0.481 e. The third-order valence-corrected chi connectivity index (χ3v) is 10.4. The quantitative estimate of drug-likeness (QED) is 0.130. The second-order valence-corrected chi connectivity index (χ2v) is 14.5. The van der Waals surface area contributed by atoms with E-state index >= 15 is 0 Å². The van der Waals surface area contributed by atoms with Gasteiger partial charge in [0.2, 0.25) is 11.8 Å². The zero-order chi connectivity index (χ0) is 35.6. The number of aliphatic carboxylic acids is 1. The number of aryl methyl sites for hydroxylation is 4. The number of rotatable bonds is 18. The third kappa shape index (κ3) is 10.5. The minimum absolute atomic E-state index is 0.0687. The van der Waals surface area contributed by atoms with Crippen LogP contribution in [-0.2, 0) is 27.2 Å². The molecule has 5 rings (SSSR count). The number of pyridine rings is 1. The number of fused-ring (bicyclic) bond motifs is 1. The van der Waals surface area contributed by atoms with Crippen LogP contribution in [-0.4, -0.2) is 64.3 Å². The van der Waals surface area contributed by atoms with Crippen LogP contribution in [0.4, 0.5) is 11.5 Å². The molecule has 1 unspecified atom stereocenters. The number of carboxylic acids is 1. The lowest BCUT2D eigenvalue weighted by atomic mass is 9.86. The first-order chi connectivity index (χ1) is 24.0. The Bertz CT molecular complexity index is 1640. The molecule has 2 aromatic heterocycles. The first-order valence-corrected chi connectivity index (χ1v) is 18.4. The summed E-state index contributed by atoms with van der Waals surface area (Å²) in [5.41, 5.74) is 12.4. The molecule has 50 heavy (non-hydrogen) atoms. The summed E-state index contributed by atoms with van der Waals surface area (Å²) in [6.45, 7) is 5.99. The lowest BCUT2D eigenvalue weighted by molar-refractivity contribution is -0.137. The van der Waals surface area contributed by atoms with E-state index in [-0.39, 0.29) is 31.1 Å². The Morgan fingerprint density at radius 3 is 2.64 bits per heavy atom. The van der Waals surface area contributed by atoms with Crippen molar-refractivity contribution >= 4 is 29.3 Å². The predicted octanol–water partition coefficient (Wildman–Crippen LogP) is 5.84. The van der Waals surface area contributed by atoms with Crippen molar-refractivity contribution in [1.29, 1.82) is 0 Å². The number of amides is 2. The lowest BCUT2D eigenvalue weighted by Gasteiger charge is -2.24. The molecule has 1 saturated carbocycles. The summed E-state index contributed by atoms with van der Waals surface area (Å²) in [4.78, 5) is 42.4. The van der Waals surface area contributed by atoms with Crippen molar-refractivity contribution in [3.63, 3.8) is 0 Å². The molecule has 0 saturated heterocycles. The van der Waals surface area contributed by atoms with Gasteiger partial charge in [0.25, 0.3) is 0 Å². The number of carbonyl (C=O) groups excluding carboxylic acids is 2. The van der Waals surface area contributed by atoms with E-state index in [0.29, 0.717) is 31.3 Å². The highest BCUT2D eigenvalue weighted by Crippen LogP contribution is 2.39. The van der Waals surface area contributed by atoms with E-state index in [4.69, 9.17) is 15.8 Å². The van der Waals surface area contributed by atoms with E-state index in [1.165, 1.54) is 36.9 Å². The Hall–Kier alpha value is -4.41. The second kappa shape index (κ2) is 17.5. The van der Waals surface area contributed by atoms with Gasteiger partial charge in [-0.2, -0.15) is 5.10 Å². The third-order valence-electron chi connectivity index (χ3n) is 10.4. The molecule has 2 amide bonds. The Kier molecular flexibility index (Phi) is 12.9. The fourth-order valence-electron chi connectivity index (χ4n) is 7.69. The fraction of sp³-hybridized carbons (Fsp3) is 0.564. The van der Waals surface area contributed by atoms with Crippen LogP contribution in [0.5, 0.6) is 0 Å². The van der Waals surface area contributed by atoms with Crippen molar-refractivity contribution in [2.24, 2.45) is 17.6 Å². The van der Waals surface area contributed by atoms with Gasteiger partial charge in [0.1, 0.15) is 5.82 Å². The predicted molar refractivity (Wildman–Crippen MR) is 197 cm³/mol. The van der Waals surface area contributed by atoms with Crippen molar-refractivity contribution in [3.8, 4) is 5.69 Å². The molecule has 270 valence electrons. The highest BCUT2D eigenvalue weighted by molar-refractivity contribution is 5.78. The fourth-order valence-corrected chi connectivity index (χ4v) is 7.69. The van der Waals surface area contributed by atoms with Crippen molar-refractivity contribution < 1.29 is 19.5 Å². The van der Waals surface area contributed by atoms with Crippen LogP contribution in [0, 0.1) is 25.7 Å². The minimum atomic E-state index is -0.795. The lowest BCUT2D eigenvalue weighted by Crippen LogP contribution is -2.33. The number of benzene rings is 1. The van der Waals surface area contributed by atoms with Gasteiger partial charge in [-0.1, -0.05) is 18.9 Å². The summed E-state index contributed by atoms with van der Waals surface area (Å²) in [5.74, 6) is 0.907. The van der Waals surface area contributed by atoms with Gasteiger partial charge in [-0.3, -0.25) is 14.4 Å². The van der Waals surface area contributed by atoms with Gasteiger partial charge in [-0.05, 0) is 124 Å². The summed E-state index contributed by atoms with van der Waals surface area (Å²) in [5, 5.41) is 21.1. The monoisotopic (exact) mass is 685 g/mol. The van der Waals surface area contributed by atoms with Crippen LogP contribution >= 0.6 is 0 Å². The second-order valence-electron chi connectivity index (χ2n) is 14.5. The molecule has 0 spiro atoms. The Morgan fingerprint density at radius 1 is 1.10 bits per heavy atom. The average Bonchev–Trinajstić information content (AvgIpc) is 3.69. The molecule has 2 aliphatic rings. The molecule has 1 aliphatic carbocycles. The van der Waals surface area contributed by atoms with Crippen molar-refractivity contribution in [2.75, 3.05) is 36.9 Å². The zero-order valence-electron chi connectivity index (χ0n) is 30.0. The summed E-state index contributed by atoms with van der Waals surface area (Å²) < 4.78 is 1.92. The summed E-state index contributed by atoms with van der Waals surface area (Å²) in [7, 11) is 1.98. The van der Waals surface area contributed by atoms with E-state index in [0.717, 1.165) is 72.8 Å². The standard InChI is InChI=1S/C39H55N7O4/c1-26-20-27(2)46(44-26)35-23-32(22-34(25-35)45(3)19-18-41-37(48)8-4-7-36(40)47)31(24-38(49)50)13-11-28-9-10-29(21-28)12-15-33-16-14-30-6-5-17-42-39(30)43-33/h14,16,20,22-23,25,28-29,31H,4-13,15,17-19,21,24H2,1-3H3,(H2,40,47)(H,41,48)(H,42,43)(H,49,50)/t28?,29-,31-/m0/s1. The van der Waals surface area contributed by atoms with Crippen molar-refractivity contribution in [1.82, 2.24) is 20.1 Å². The van der Waals surface area contributed by atoms with E-state index in [1.807, 2.05) is 31.6 Å². The first-order valence-electron chi connectivity index (χ1n) is 18.4. The highest BCUT2D eigenvalue weighted by atomic mass is 16.4. The molecule has 1 aliphatic heterocycles. The van der Waals surface area contributed by atoms with Crippen molar-refractivity contribution in [2.45, 2.75) is 103 Å². The molecular formula is C39H55N7O4. The number of carboxylic acid groups (broad SMARTS) is 1. The summed E-state index contributed by atoms with van der Waals surface area (Å²) >= 11 is 0. The van der Waals surface area contributed by atoms with Gasteiger partial charge in [0.15, 0.2) is 0 Å². The van der Waals surface area contributed by atoms with Crippen LogP contribution in [0.2, 0.25) is 0 Å². The molecule has 3 aromatic rings. The molecule has 3 heterocycles. The van der Waals surface area contributed by atoms with E-state index in [1.54, 1.807) is 0 Å². The normalized spacial score (nSPS) is 17.5. The highest BCUT2D eigenvalue weighted by Gasteiger charge is 2.27. The van der Waals surface area contributed by atoms with E-state index in [9.17, 15) is 19.5 Å². The molecule has 3 atom stereocenters. The van der Waals surface area contributed by atoms with Gasteiger partial charge >= 0.3 is 5.97 Å². The first kappa shape index (κ1) is 36.9. The molecule has 11 heteroatoms. The molecule has 11 nitrogen and oxygen atoms in total. The molecule has 5 N–H and O–H groups in total. The number of hydrogen-bond acceptors (Lipinski definition) is 7. The number of primary amides is 1. The van der Waals surface area contributed by atoms with Crippen LogP contribution < -0.4 is 21.3 Å². The summed E-state index contributed by atoms with van der Waals surface area (Å²) in [6, 6.07) is 12.8. The summed E-state index contributed by atoms with van der Waals surface area (Å²) in [6.07, 6.45) is 10.8. The number of likely N-dealkylation sites (N-methyl/N-ethyl adjacent to an activating group) is 1. The SMILES string of the molecule is Cc1cc(C)n(-c2cc([C@@H](CCC3CC[C@@H](CCc4ccc5c(n4)NCCC5)C3)CC(=O)O)cc(N(C)CCNC(=O)CCCC(N)=O)c2)n1. The smallest absolute Gasteiger partial charge is 0.303 e. The molecular weight excluding hydrogens is 630 g/mol. The maximum absolute atomic E-state index is 12.3. The molecule has 1 aromatic carbocycles.